The quantitative estimate of drug-likeness (QED) is 0.559. The van der Waals surface area contributed by atoms with Crippen molar-refractivity contribution < 1.29 is 9.59 Å². The van der Waals surface area contributed by atoms with Gasteiger partial charge in [-0.1, -0.05) is 60.2 Å². The van der Waals surface area contributed by atoms with E-state index in [1.165, 1.54) is 11.1 Å². The van der Waals surface area contributed by atoms with Gasteiger partial charge in [0.05, 0.1) is 18.1 Å². The molecule has 1 atom stereocenters. The molecule has 4 rings (SSSR count). The van der Waals surface area contributed by atoms with Crippen LogP contribution in [-0.4, -0.2) is 41.2 Å². The molecule has 2 aliphatic rings. The highest BCUT2D eigenvalue weighted by Gasteiger charge is 2.54. The second-order valence-electron chi connectivity index (χ2n) is 9.07. The van der Waals surface area contributed by atoms with Gasteiger partial charge < -0.3 is 4.90 Å². The highest BCUT2D eigenvalue weighted by Crippen LogP contribution is 2.49. The van der Waals surface area contributed by atoms with Gasteiger partial charge in [-0.2, -0.15) is 0 Å². The van der Waals surface area contributed by atoms with Gasteiger partial charge in [0, 0.05) is 24.6 Å². The number of piperidine rings is 1. The molecule has 0 aromatic heterocycles. The van der Waals surface area contributed by atoms with E-state index in [-0.39, 0.29) is 29.1 Å². The Morgan fingerprint density at radius 3 is 2.24 bits per heavy atom. The van der Waals surface area contributed by atoms with E-state index < -0.39 is 0 Å². The Bertz CT molecular complexity index is 881. The van der Waals surface area contributed by atoms with Crippen LogP contribution in [0.3, 0.4) is 0 Å². The van der Waals surface area contributed by atoms with E-state index in [0.29, 0.717) is 6.67 Å². The lowest BCUT2D eigenvalue weighted by atomic mass is 9.71. The van der Waals surface area contributed by atoms with Gasteiger partial charge in [0.2, 0.25) is 5.91 Å². The van der Waals surface area contributed by atoms with E-state index in [0.717, 1.165) is 31.5 Å². The minimum atomic E-state index is -0.360. The topological polar surface area (TPSA) is 40.6 Å². The van der Waals surface area contributed by atoms with Crippen molar-refractivity contribution in [2.45, 2.75) is 39.7 Å². The lowest BCUT2D eigenvalue weighted by molar-refractivity contribution is -0.174. The van der Waals surface area contributed by atoms with E-state index in [2.05, 4.69) is 17.0 Å². The maximum absolute atomic E-state index is 12.8. The average Bonchev–Trinajstić information content (AvgIpc) is 2.74. The van der Waals surface area contributed by atoms with Crippen LogP contribution < -0.4 is 0 Å². The molecule has 29 heavy (non-hydrogen) atoms. The summed E-state index contributed by atoms with van der Waals surface area (Å²) >= 11 is 0. The molecule has 0 spiro atoms. The van der Waals surface area contributed by atoms with Crippen LogP contribution in [0.2, 0.25) is 0 Å². The van der Waals surface area contributed by atoms with Gasteiger partial charge in [-0.25, -0.2) is 0 Å². The third-order valence-corrected chi connectivity index (χ3v) is 6.57. The molecule has 2 fully saturated rings. The van der Waals surface area contributed by atoms with Crippen molar-refractivity contribution in [1.29, 1.82) is 0 Å². The van der Waals surface area contributed by atoms with Crippen LogP contribution >= 0.6 is 0 Å². The van der Waals surface area contributed by atoms with Gasteiger partial charge in [-0.15, -0.1) is 0 Å². The second-order valence-corrected chi connectivity index (χ2v) is 9.07. The maximum atomic E-state index is 12.8. The summed E-state index contributed by atoms with van der Waals surface area (Å²) in [6.45, 7) is 8.47. The Morgan fingerprint density at radius 2 is 1.62 bits per heavy atom. The first-order valence-corrected chi connectivity index (χ1v) is 10.6. The number of carbonyl (C=O) groups is 2. The molecule has 2 aliphatic heterocycles. The highest BCUT2D eigenvalue weighted by molar-refractivity contribution is 5.98. The molecule has 2 aromatic carbocycles. The van der Waals surface area contributed by atoms with Crippen LogP contribution in [-0.2, 0) is 4.79 Å². The van der Waals surface area contributed by atoms with Crippen LogP contribution in [0.25, 0.3) is 0 Å². The molecule has 0 N–H and O–H groups in total. The van der Waals surface area contributed by atoms with Gasteiger partial charge in [0.15, 0.2) is 5.78 Å². The van der Waals surface area contributed by atoms with Gasteiger partial charge in [0.25, 0.3) is 0 Å². The molecule has 0 radical (unpaired) electrons. The molecule has 2 heterocycles. The van der Waals surface area contributed by atoms with E-state index >= 15 is 0 Å². The van der Waals surface area contributed by atoms with E-state index in [9.17, 15) is 9.59 Å². The summed E-state index contributed by atoms with van der Waals surface area (Å²) in [5.41, 5.74) is 2.83. The number of benzene rings is 2. The van der Waals surface area contributed by atoms with Gasteiger partial charge in [-0.3, -0.25) is 14.5 Å². The number of nitrogens with zero attached hydrogens (tertiary/aromatic N) is 2. The lowest BCUT2D eigenvalue weighted by Gasteiger charge is -2.54. The van der Waals surface area contributed by atoms with Crippen LogP contribution in [0.15, 0.2) is 54.6 Å². The first-order valence-electron chi connectivity index (χ1n) is 10.6. The average molecular weight is 391 g/mol. The second kappa shape index (κ2) is 7.75. The third kappa shape index (κ3) is 3.74. The maximum Gasteiger partial charge on any atom is 0.232 e. The summed E-state index contributed by atoms with van der Waals surface area (Å²) in [6, 6.07) is 18.3. The van der Waals surface area contributed by atoms with Crippen LogP contribution in [0.5, 0.6) is 0 Å². The van der Waals surface area contributed by atoms with E-state index in [1.807, 2.05) is 68.1 Å². The normalized spacial score (nSPS) is 22.4. The molecule has 4 heteroatoms. The largest absolute Gasteiger partial charge is 0.321 e. The zero-order chi connectivity index (χ0) is 20.6. The predicted molar refractivity (Wildman–Crippen MR) is 114 cm³/mol. The van der Waals surface area contributed by atoms with Gasteiger partial charge in [-0.05, 0) is 39.2 Å². The summed E-state index contributed by atoms with van der Waals surface area (Å²) in [7, 11) is 0. The van der Waals surface area contributed by atoms with Crippen molar-refractivity contribution in [3.8, 4) is 0 Å². The zero-order valence-electron chi connectivity index (χ0n) is 17.6. The Hall–Kier alpha value is -2.46. The molecule has 4 nitrogen and oxygen atoms in total. The third-order valence-electron chi connectivity index (χ3n) is 6.57. The summed E-state index contributed by atoms with van der Waals surface area (Å²) < 4.78 is 0. The fourth-order valence-corrected chi connectivity index (χ4v) is 4.81. The lowest BCUT2D eigenvalue weighted by Crippen LogP contribution is -2.63. The van der Waals surface area contributed by atoms with Crippen molar-refractivity contribution in [1.82, 2.24) is 9.80 Å². The number of likely N-dealkylation sites (tertiary alicyclic amines) is 2. The number of aryl methyl sites for hydroxylation is 1. The SMILES string of the molecule is Cc1ccc(C(=O)C2CCN(CN3C(=O)C(C)(C)[C@@H]3c3ccccc3)CC2)cc1. The van der Waals surface area contributed by atoms with Crippen molar-refractivity contribution in [3.05, 3.63) is 71.3 Å². The summed E-state index contributed by atoms with van der Waals surface area (Å²) in [4.78, 5) is 29.9. The Balaban J connectivity index is 1.37. The molecule has 152 valence electrons. The summed E-state index contributed by atoms with van der Waals surface area (Å²) in [5, 5.41) is 0. The van der Waals surface area contributed by atoms with Gasteiger partial charge >= 0.3 is 0 Å². The number of β-lactam (4-membered cyclic amide) rings is 1. The number of carbonyl (C=O) groups excluding carboxylic acids is 2. The fourth-order valence-electron chi connectivity index (χ4n) is 4.81. The minimum Gasteiger partial charge on any atom is -0.321 e. The van der Waals surface area contributed by atoms with Crippen molar-refractivity contribution >= 4 is 11.7 Å². The number of Topliss-reactive ketones (excluding diaryl/α,β-unsaturated/α-hetero) is 1. The van der Waals surface area contributed by atoms with Crippen molar-refractivity contribution in [2.24, 2.45) is 11.3 Å². The molecule has 2 aromatic rings. The zero-order valence-corrected chi connectivity index (χ0v) is 17.6. The van der Waals surface area contributed by atoms with Gasteiger partial charge in [0.1, 0.15) is 0 Å². The fraction of sp³-hybridized carbons (Fsp3) is 0.440. The Labute approximate surface area is 173 Å². The van der Waals surface area contributed by atoms with Crippen LogP contribution in [0, 0.1) is 18.3 Å². The molecule has 2 saturated heterocycles. The summed E-state index contributed by atoms with van der Waals surface area (Å²) in [6.07, 6.45) is 1.71. The first kappa shape index (κ1) is 19.8. The number of amides is 1. The first-order chi connectivity index (χ1) is 13.9. The van der Waals surface area contributed by atoms with E-state index in [1.54, 1.807) is 0 Å². The number of rotatable bonds is 5. The van der Waals surface area contributed by atoms with Crippen LogP contribution in [0.1, 0.15) is 54.2 Å². The van der Waals surface area contributed by atoms with Crippen molar-refractivity contribution in [2.75, 3.05) is 19.8 Å². The number of hydrogen-bond acceptors (Lipinski definition) is 3. The molecule has 0 unspecified atom stereocenters. The standard InChI is InChI=1S/C25H30N2O2/c1-18-9-11-19(12-10-18)22(28)20-13-15-26(16-14-20)17-27-23(25(2,3)24(27)29)21-7-5-4-6-8-21/h4-12,20,23H,13-17H2,1-3H3/t23-/m0/s1. The highest BCUT2D eigenvalue weighted by atomic mass is 16.2. The molecule has 1 amide bonds. The number of ketones is 1. The molecular formula is C25H30N2O2. The minimum absolute atomic E-state index is 0.0856. The molecule has 0 aliphatic carbocycles. The number of hydrogen-bond donors (Lipinski definition) is 0. The van der Waals surface area contributed by atoms with E-state index in [4.69, 9.17) is 0 Å². The van der Waals surface area contributed by atoms with Crippen molar-refractivity contribution in [3.63, 3.8) is 0 Å². The Kier molecular flexibility index (Phi) is 5.30. The smallest absolute Gasteiger partial charge is 0.232 e. The molecular weight excluding hydrogens is 360 g/mol. The molecule has 0 saturated carbocycles. The predicted octanol–water partition coefficient (Wildman–Crippen LogP) is 4.46. The van der Waals surface area contributed by atoms with Crippen LogP contribution in [0.4, 0.5) is 0 Å². The Morgan fingerprint density at radius 1 is 1.00 bits per heavy atom. The molecule has 0 bridgehead atoms. The monoisotopic (exact) mass is 390 g/mol. The summed E-state index contributed by atoms with van der Waals surface area (Å²) in [5.74, 6) is 0.555.